The Morgan fingerprint density at radius 1 is 1.24 bits per heavy atom. The van der Waals surface area contributed by atoms with Gasteiger partial charge in [0.05, 0.1) is 20.8 Å². The van der Waals surface area contributed by atoms with Gasteiger partial charge in [-0.2, -0.15) is 0 Å². The first kappa shape index (κ1) is 17.2. The third-order valence-corrected chi connectivity index (χ3v) is 5.53. The van der Waals surface area contributed by atoms with Gasteiger partial charge in [0.25, 0.3) is 0 Å². The lowest BCUT2D eigenvalue weighted by Crippen LogP contribution is -2.64. The number of hydrogen-bond acceptors (Lipinski definition) is 2. The van der Waals surface area contributed by atoms with Gasteiger partial charge in [-0.25, -0.2) is 0 Å². The van der Waals surface area contributed by atoms with Gasteiger partial charge < -0.3 is 10.2 Å². The minimum Gasteiger partial charge on any atom is -0.364 e. The molecule has 0 spiro atoms. The number of rotatable bonds is 3. The van der Waals surface area contributed by atoms with Gasteiger partial charge >= 0.3 is 0 Å². The van der Waals surface area contributed by atoms with E-state index < -0.39 is 0 Å². The summed E-state index contributed by atoms with van der Waals surface area (Å²) in [5, 5.41) is 5.39. The van der Waals surface area contributed by atoms with E-state index in [2.05, 4.69) is 37.9 Å². The molecule has 0 aromatic heterocycles. The number of nitrogens with zero attached hydrogens (tertiary/aromatic N) is 1. The lowest BCUT2D eigenvalue weighted by Gasteiger charge is -2.49. The van der Waals surface area contributed by atoms with Crippen LogP contribution in [0.1, 0.15) is 34.1 Å². The topological polar surface area (TPSA) is 15.3 Å². The molecule has 5 heteroatoms. The predicted molar refractivity (Wildman–Crippen MR) is 94.1 cm³/mol. The molecule has 1 saturated heterocycles. The fraction of sp³-hybridized carbons (Fsp3) is 0.625. The summed E-state index contributed by atoms with van der Waals surface area (Å²) in [6.07, 6.45) is 1.06. The van der Waals surface area contributed by atoms with E-state index in [0.29, 0.717) is 27.0 Å². The van der Waals surface area contributed by atoms with E-state index in [4.69, 9.17) is 34.8 Å². The average Bonchev–Trinajstić information content (AvgIpc) is 2.42. The maximum Gasteiger partial charge on any atom is 0.0655 e. The lowest BCUT2D eigenvalue weighted by molar-refractivity contribution is 0.253. The van der Waals surface area contributed by atoms with E-state index in [-0.39, 0.29) is 5.54 Å². The average molecular weight is 350 g/mol. The van der Waals surface area contributed by atoms with Gasteiger partial charge in [0.2, 0.25) is 0 Å². The molecular weight excluding hydrogens is 327 g/mol. The zero-order chi connectivity index (χ0) is 15.8. The monoisotopic (exact) mass is 348 g/mol. The van der Waals surface area contributed by atoms with Crippen molar-refractivity contribution in [2.45, 2.75) is 45.7 Å². The Hall–Kier alpha value is -0.150. The minimum atomic E-state index is 0.0842. The first-order chi connectivity index (χ1) is 9.77. The Morgan fingerprint density at radius 2 is 1.86 bits per heavy atom. The minimum absolute atomic E-state index is 0.0842. The molecule has 1 N–H and O–H groups in total. The summed E-state index contributed by atoms with van der Waals surface area (Å²) in [5.74, 6) is 0.518. The quantitative estimate of drug-likeness (QED) is 0.750. The van der Waals surface area contributed by atoms with Crippen LogP contribution in [0.25, 0.3) is 0 Å². The highest BCUT2D eigenvalue weighted by atomic mass is 35.5. The molecular formula is C16H23Cl3N2. The van der Waals surface area contributed by atoms with E-state index >= 15 is 0 Å². The van der Waals surface area contributed by atoms with Crippen molar-refractivity contribution < 1.29 is 0 Å². The van der Waals surface area contributed by atoms with Crippen molar-refractivity contribution in [1.29, 1.82) is 0 Å². The molecule has 0 amide bonds. The second-order valence-electron chi connectivity index (χ2n) is 6.45. The molecule has 0 aliphatic carbocycles. The Kier molecular flexibility index (Phi) is 5.36. The van der Waals surface area contributed by atoms with E-state index in [0.717, 1.165) is 25.2 Å². The van der Waals surface area contributed by atoms with Gasteiger partial charge in [-0.1, -0.05) is 55.6 Å². The van der Waals surface area contributed by atoms with Crippen molar-refractivity contribution in [3.05, 3.63) is 27.2 Å². The molecule has 0 saturated carbocycles. The number of halogens is 3. The van der Waals surface area contributed by atoms with Crippen LogP contribution in [0.3, 0.4) is 0 Å². The Balaban J connectivity index is 2.43. The van der Waals surface area contributed by atoms with Crippen LogP contribution in [-0.2, 0) is 0 Å². The number of benzene rings is 1. The fourth-order valence-electron chi connectivity index (χ4n) is 2.84. The molecule has 1 aliphatic rings. The van der Waals surface area contributed by atoms with Crippen LogP contribution < -0.4 is 10.2 Å². The summed E-state index contributed by atoms with van der Waals surface area (Å²) in [6.45, 7) is 10.8. The van der Waals surface area contributed by atoms with Crippen molar-refractivity contribution in [2.75, 3.05) is 18.0 Å². The first-order valence-corrected chi connectivity index (χ1v) is 8.57. The second kappa shape index (κ2) is 6.54. The van der Waals surface area contributed by atoms with Crippen LogP contribution in [0, 0.1) is 5.92 Å². The summed E-state index contributed by atoms with van der Waals surface area (Å²) in [5.41, 5.74) is 1.06. The Bertz CT molecular complexity index is 518. The third-order valence-electron chi connectivity index (χ3n) is 4.51. The van der Waals surface area contributed by atoms with Gasteiger partial charge in [0, 0.05) is 24.7 Å². The SMILES string of the molecule is CCC1(C)CN(c2cc(Cl)c(Cl)cc2Cl)C(C(C)C)CN1. The Labute approximate surface area is 142 Å². The summed E-state index contributed by atoms with van der Waals surface area (Å²) >= 11 is 18.7. The molecule has 2 atom stereocenters. The van der Waals surface area contributed by atoms with Crippen molar-refractivity contribution >= 4 is 40.5 Å². The van der Waals surface area contributed by atoms with E-state index in [1.54, 1.807) is 6.07 Å². The second-order valence-corrected chi connectivity index (χ2v) is 7.67. The van der Waals surface area contributed by atoms with E-state index in [1.165, 1.54) is 0 Å². The number of nitrogens with one attached hydrogen (secondary N) is 1. The molecule has 1 heterocycles. The summed E-state index contributed by atoms with van der Waals surface area (Å²) in [7, 11) is 0. The lowest BCUT2D eigenvalue weighted by atomic mass is 9.89. The van der Waals surface area contributed by atoms with Crippen molar-refractivity contribution in [1.82, 2.24) is 5.32 Å². The Morgan fingerprint density at radius 3 is 2.43 bits per heavy atom. The molecule has 118 valence electrons. The molecule has 1 aliphatic heterocycles. The van der Waals surface area contributed by atoms with Crippen molar-refractivity contribution in [3.63, 3.8) is 0 Å². The summed E-state index contributed by atoms with van der Waals surface area (Å²) in [4.78, 5) is 2.38. The standard InChI is InChI=1S/C16H23Cl3N2/c1-5-16(4)9-21(15(8-20-16)10(2)3)14-7-12(18)11(17)6-13(14)19/h6-7,10,15,20H,5,8-9H2,1-4H3. The first-order valence-electron chi connectivity index (χ1n) is 7.43. The number of anilines is 1. The molecule has 21 heavy (non-hydrogen) atoms. The largest absolute Gasteiger partial charge is 0.364 e. The number of hydrogen-bond donors (Lipinski definition) is 1. The van der Waals surface area contributed by atoms with E-state index in [9.17, 15) is 0 Å². The third kappa shape index (κ3) is 3.61. The van der Waals surface area contributed by atoms with Crippen LogP contribution >= 0.6 is 34.8 Å². The van der Waals surface area contributed by atoms with Crippen molar-refractivity contribution in [2.24, 2.45) is 5.92 Å². The van der Waals surface area contributed by atoms with Crippen LogP contribution in [0.2, 0.25) is 15.1 Å². The fourth-order valence-corrected chi connectivity index (χ4v) is 3.49. The molecule has 2 rings (SSSR count). The van der Waals surface area contributed by atoms with Gasteiger partial charge in [-0.3, -0.25) is 0 Å². The highest BCUT2D eigenvalue weighted by molar-refractivity contribution is 6.44. The van der Waals surface area contributed by atoms with E-state index in [1.807, 2.05) is 6.07 Å². The predicted octanol–water partition coefficient (Wildman–Crippen LogP) is 5.25. The highest BCUT2D eigenvalue weighted by Gasteiger charge is 2.36. The van der Waals surface area contributed by atoms with Crippen LogP contribution in [0.15, 0.2) is 12.1 Å². The van der Waals surface area contributed by atoms with Gasteiger partial charge in [-0.15, -0.1) is 0 Å². The zero-order valence-electron chi connectivity index (χ0n) is 13.0. The smallest absolute Gasteiger partial charge is 0.0655 e. The molecule has 0 bridgehead atoms. The maximum atomic E-state index is 6.44. The molecule has 1 fully saturated rings. The molecule has 1 aromatic rings. The molecule has 1 aromatic carbocycles. The van der Waals surface area contributed by atoms with Crippen LogP contribution in [0.5, 0.6) is 0 Å². The number of piperazine rings is 1. The summed E-state index contributed by atoms with van der Waals surface area (Å²) < 4.78 is 0. The van der Waals surface area contributed by atoms with Crippen LogP contribution in [0.4, 0.5) is 5.69 Å². The summed E-state index contributed by atoms with van der Waals surface area (Å²) in [6, 6.07) is 4.02. The van der Waals surface area contributed by atoms with Gasteiger partial charge in [-0.05, 0) is 31.4 Å². The highest BCUT2D eigenvalue weighted by Crippen LogP contribution is 2.38. The normalized spacial score (nSPS) is 26.5. The zero-order valence-corrected chi connectivity index (χ0v) is 15.3. The molecule has 2 unspecified atom stereocenters. The van der Waals surface area contributed by atoms with Gasteiger partial charge in [0.15, 0.2) is 0 Å². The van der Waals surface area contributed by atoms with Gasteiger partial charge in [0.1, 0.15) is 0 Å². The van der Waals surface area contributed by atoms with Crippen LogP contribution in [-0.4, -0.2) is 24.7 Å². The maximum absolute atomic E-state index is 6.44. The molecule has 2 nitrogen and oxygen atoms in total. The molecule has 0 radical (unpaired) electrons. The van der Waals surface area contributed by atoms with Crippen molar-refractivity contribution in [3.8, 4) is 0 Å².